The van der Waals surface area contributed by atoms with E-state index in [0.29, 0.717) is 11.8 Å². The van der Waals surface area contributed by atoms with Gasteiger partial charge in [0.1, 0.15) is 0 Å². The van der Waals surface area contributed by atoms with E-state index in [4.69, 9.17) is 17.3 Å². The molecule has 78 valence electrons. The van der Waals surface area contributed by atoms with Crippen LogP contribution in [0.2, 0.25) is 5.02 Å². The van der Waals surface area contributed by atoms with Crippen LogP contribution in [-0.2, 0) is 6.54 Å². The number of benzene rings is 1. The molecule has 0 saturated heterocycles. The summed E-state index contributed by atoms with van der Waals surface area (Å²) in [7, 11) is 0. The number of nitrogens with two attached hydrogens (primary N) is 1. The fourth-order valence-electron chi connectivity index (χ4n) is 1.12. The Morgan fingerprint density at radius 1 is 1.50 bits per heavy atom. The van der Waals surface area contributed by atoms with Crippen molar-refractivity contribution in [2.24, 2.45) is 5.73 Å². The summed E-state index contributed by atoms with van der Waals surface area (Å²) in [5, 5.41) is 1.39. The van der Waals surface area contributed by atoms with Crippen molar-refractivity contribution in [3.63, 3.8) is 0 Å². The lowest BCUT2D eigenvalue weighted by Gasteiger charge is -2.12. The fraction of sp³-hybridized carbons (Fsp3) is 0.455. The zero-order chi connectivity index (χ0) is 10.6. The van der Waals surface area contributed by atoms with Gasteiger partial charge in [-0.1, -0.05) is 25.4 Å². The number of hydrogen-bond donors (Lipinski definition) is 1. The molecule has 1 atom stereocenters. The number of hydrogen-bond acceptors (Lipinski definition) is 2. The molecular weight excluding hydrogens is 214 g/mol. The Bertz CT molecular complexity index is 301. The Kier molecular flexibility index (Phi) is 4.79. The third kappa shape index (κ3) is 3.19. The average molecular weight is 230 g/mol. The van der Waals surface area contributed by atoms with Crippen LogP contribution in [0.1, 0.15) is 25.8 Å². The van der Waals surface area contributed by atoms with Crippen LogP contribution in [0.25, 0.3) is 0 Å². The fourth-order valence-corrected chi connectivity index (χ4v) is 2.36. The van der Waals surface area contributed by atoms with Gasteiger partial charge in [-0.15, -0.1) is 11.8 Å². The first-order valence-corrected chi connectivity index (χ1v) is 6.08. The molecule has 0 aliphatic rings. The van der Waals surface area contributed by atoms with Crippen molar-refractivity contribution < 1.29 is 0 Å². The summed E-state index contributed by atoms with van der Waals surface area (Å²) < 4.78 is 0. The first-order chi connectivity index (χ1) is 6.67. The van der Waals surface area contributed by atoms with Gasteiger partial charge >= 0.3 is 0 Å². The molecule has 0 radical (unpaired) electrons. The summed E-state index contributed by atoms with van der Waals surface area (Å²) in [6, 6.07) is 5.93. The zero-order valence-electron chi connectivity index (χ0n) is 8.59. The van der Waals surface area contributed by atoms with Gasteiger partial charge in [0.05, 0.1) is 0 Å². The van der Waals surface area contributed by atoms with Gasteiger partial charge in [0.2, 0.25) is 0 Å². The van der Waals surface area contributed by atoms with E-state index in [9.17, 15) is 0 Å². The monoisotopic (exact) mass is 229 g/mol. The molecule has 0 amide bonds. The lowest BCUT2D eigenvalue weighted by molar-refractivity contribution is 0.902. The van der Waals surface area contributed by atoms with Crippen LogP contribution >= 0.6 is 23.4 Å². The van der Waals surface area contributed by atoms with Crippen molar-refractivity contribution in [2.45, 2.75) is 37.0 Å². The highest BCUT2D eigenvalue weighted by Gasteiger charge is 2.06. The van der Waals surface area contributed by atoms with E-state index in [-0.39, 0.29) is 0 Å². The smallest absolute Gasteiger partial charge is 0.0410 e. The Morgan fingerprint density at radius 2 is 2.21 bits per heavy atom. The molecule has 2 N–H and O–H groups in total. The van der Waals surface area contributed by atoms with Crippen LogP contribution in [0, 0.1) is 0 Å². The minimum atomic E-state index is 0.555. The van der Waals surface area contributed by atoms with Crippen molar-refractivity contribution in [2.75, 3.05) is 0 Å². The minimum Gasteiger partial charge on any atom is -0.326 e. The first kappa shape index (κ1) is 11.9. The third-order valence-corrected chi connectivity index (χ3v) is 3.77. The molecule has 1 nitrogen and oxygen atoms in total. The van der Waals surface area contributed by atoms with E-state index in [0.717, 1.165) is 17.0 Å². The van der Waals surface area contributed by atoms with Crippen molar-refractivity contribution in [3.8, 4) is 0 Å². The van der Waals surface area contributed by atoms with Gasteiger partial charge < -0.3 is 5.73 Å². The molecule has 0 heterocycles. The van der Waals surface area contributed by atoms with Crippen molar-refractivity contribution in [1.82, 2.24) is 0 Å². The Labute approximate surface area is 95.0 Å². The van der Waals surface area contributed by atoms with Gasteiger partial charge in [0.15, 0.2) is 0 Å². The molecule has 0 saturated carbocycles. The summed E-state index contributed by atoms with van der Waals surface area (Å²) in [6.07, 6.45) is 1.16. The normalized spacial score (nSPS) is 12.9. The summed E-state index contributed by atoms with van der Waals surface area (Å²) >= 11 is 7.77. The van der Waals surface area contributed by atoms with Crippen molar-refractivity contribution >= 4 is 23.4 Å². The van der Waals surface area contributed by atoms with E-state index in [1.807, 2.05) is 23.9 Å². The summed E-state index contributed by atoms with van der Waals surface area (Å²) in [5.74, 6) is 0. The Morgan fingerprint density at radius 3 is 2.79 bits per heavy atom. The predicted molar refractivity (Wildman–Crippen MR) is 65.0 cm³/mol. The molecule has 0 fully saturated rings. The summed E-state index contributed by atoms with van der Waals surface area (Å²) in [4.78, 5) is 1.26. The second-order valence-corrected chi connectivity index (χ2v) is 5.21. The largest absolute Gasteiger partial charge is 0.326 e. The quantitative estimate of drug-likeness (QED) is 0.797. The molecular formula is C11H16ClNS. The standard InChI is InChI=1S/C11H16ClNS/c1-3-8(2)14-11-5-4-10(12)6-9(11)7-13/h4-6,8H,3,7,13H2,1-2H3. The number of thioether (sulfide) groups is 1. The van der Waals surface area contributed by atoms with Gasteiger partial charge in [-0.2, -0.15) is 0 Å². The molecule has 14 heavy (non-hydrogen) atoms. The molecule has 1 aromatic carbocycles. The van der Waals surface area contributed by atoms with E-state index < -0.39 is 0 Å². The highest BCUT2D eigenvalue weighted by Crippen LogP contribution is 2.29. The summed E-state index contributed by atoms with van der Waals surface area (Å²) in [5.41, 5.74) is 6.81. The van der Waals surface area contributed by atoms with Gasteiger partial charge in [0.25, 0.3) is 0 Å². The molecule has 1 aromatic rings. The molecule has 0 spiro atoms. The predicted octanol–water partition coefficient (Wildman–Crippen LogP) is 3.69. The van der Waals surface area contributed by atoms with Gasteiger partial charge in [-0.05, 0) is 30.2 Å². The lowest BCUT2D eigenvalue weighted by atomic mass is 10.2. The molecule has 1 rings (SSSR count). The van der Waals surface area contributed by atoms with Crippen LogP contribution in [-0.4, -0.2) is 5.25 Å². The SMILES string of the molecule is CCC(C)Sc1ccc(Cl)cc1CN. The van der Waals surface area contributed by atoms with E-state index >= 15 is 0 Å². The topological polar surface area (TPSA) is 26.0 Å². The van der Waals surface area contributed by atoms with Crippen LogP contribution < -0.4 is 5.73 Å². The highest BCUT2D eigenvalue weighted by atomic mass is 35.5. The van der Waals surface area contributed by atoms with Crippen LogP contribution in [0.15, 0.2) is 23.1 Å². The number of halogens is 1. The van der Waals surface area contributed by atoms with E-state index in [1.54, 1.807) is 0 Å². The van der Waals surface area contributed by atoms with Gasteiger partial charge in [-0.3, -0.25) is 0 Å². The Hall–Kier alpha value is -0.180. The maximum Gasteiger partial charge on any atom is 0.0410 e. The van der Waals surface area contributed by atoms with Crippen molar-refractivity contribution in [1.29, 1.82) is 0 Å². The van der Waals surface area contributed by atoms with E-state index in [2.05, 4.69) is 19.9 Å². The van der Waals surface area contributed by atoms with Gasteiger partial charge in [0, 0.05) is 21.7 Å². The van der Waals surface area contributed by atoms with Crippen LogP contribution in [0.4, 0.5) is 0 Å². The Balaban J connectivity index is 2.85. The second kappa shape index (κ2) is 5.64. The zero-order valence-corrected chi connectivity index (χ0v) is 10.2. The van der Waals surface area contributed by atoms with Crippen LogP contribution in [0.3, 0.4) is 0 Å². The molecule has 0 aliphatic carbocycles. The summed E-state index contributed by atoms with van der Waals surface area (Å²) in [6.45, 7) is 4.97. The first-order valence-electron chi connectivity index (χ1n) is 4.82. The molecule has 1 unspecified atom stereocenters. The highest BCUT2D eigenvalue weighted by molar-refractivity contribution is 8.00. The number of rotatable bonds is 4. The molecule has 0 aliphatic heterocycles. The third-order valence-electron chi connectivity index (χ3n) is 2.15. The van der Waals surface area contributed by atoms with Crippen LogP contribution in [0.5, 0.6) is 0 Å². The minimum absolute atomic E-state index is 0.555. The lowest BCUT2D eigenvalue weighted by Crippen LogP contribution is -2.00. The molecule has 0 bridgehead atoms. The van der Waals surface area contributed by atoms with Crippen molar-refractivity contribution in [3.05, 3.63) is 28.8 Å². The second-order valence-electron chi connectivity index (χ2n) is 3.29. The van der Waals surface area contributed by atoms with Gasteiger partial charge in [-0.25, -0.2) is 0 Å². The molecule has 0 aromatic heterocycles. The maximum absolute atomic E-state index is 5.90. The average Bonchev–Trinajstić information content (AvgIpc) is 2.20. The molecule has 3 heteroatoms. The van der Waals surface area contributed by atoms with E-state index in [1.165, 1.54) is 4.90 Å². The maximum atomic E-state index is 5.90.